The lowest BCUT2D eigenvalue weighted by atomic mass is 10.2. The molecule has 2 heterocycles. The van der Waals surface area contributed by atoms with Gasteiger partial charge in [0.15, 0.2) is 5.69 Å². The molecule has 1 aromatic rings. The summed E-state index contributed by atoms with van der Waals surface area (Å²) in [6, 6.07) is 2.00. The van der Waals surface area contributed by atoms with Gasteiger partial charge in [0.05, 0.1) is 0 Å². The minimum absolute atomic E-state index is 0.121. The van der Waals surface area contributed by atoms with E-state index in [0.29, 0.717) is 11.6 Å². The topological polar surface area (TPSA) is 67.2 Å². The first-order valence-electron chi connectivity index (χ1n) is 5.81. The van der Waals surface area contributed by atoms with Crippen LogP contribution < -0.4 is 10.6 Å². The zero-order valence-electron chi connectivity index (χ0n) is 9.03. The Morgan fingerprint density at radius 3 is 3.06 bits per heavy atom. The third-order valence-corrected chi connectivity index (χ3v) is 3.14. The molecule has 1 atom stereocenters. The van der Waals surface area contributed by atoms with Crippen LogP contribution in [0.2, 0.25) is 0 Å². The summed E-state index contributed by atoms with van der Waals surface area (Å²) in [4.78, 5) is 11.8. The maximum absolute atomic E-state index is 11.8. The zero-order chi connectivity index (χ0) is 11.0. The second-order valence-corrected chi connectivity index (χ2v) is 4.55. The molecule has 86 valence electrons. The Hall–Kier alpha value is -1.36. The average Bonchev–Trinajstić information content (AvgIpc) is 2.82. The molecule has 0 unspecified atom stereocenters. The van der Waals surface area contributed by atoms with Gasteiger partial charge in [0.25, 0.3) is 5.91 Å². The molecule has 0 aromatic carbocycles. The third kappa shape index (κ3) is 1.95. The maximum Gasteiger partial charge on any atom is 0.273 e. The molecule has 1 aromatic heterocycles. The number of hydrogen-bond donors (Lipinski definition) is 2. The van der Waals surface area contributed by atoms with E-state index < -0.39 is 0 Å². The smallest absolute Gasteiger partial charge is 0.273 e. The van der Waals surface area contributed by atoms with Crippen molar-refractivity contribution in [3.63, 3.8) is 0 Å². The summed E-state index contributed by atoms with van der Waals surface area (Å²) in [5.41, 5.74) is 0.411. The van der Waals surface area contributed by atoms with E-state index in [4.69, 9.17) is 4.52 Å². The Morgan fingerprint density at radius 2 is 2.38 bits per heavy atom. The van der Waals surface area contributed by atoms with Crippen molar-refractivity contribution in [1.29, 1.82) is 0 Å². The summed E-state index contributed by atoms with van der Waals surface area (Å²) >= 11 is 0. The number of hydrogen-bond acceptors (Lipinski definition) is 4. The summed E-state index contributed by atoms with van der Waals surface area (Å²) in [6.07, 6.45) is 3.30. The van der Waals surface area contributed by atoms with Crippen LogP contribution in [0.1, 0.15) is 41.4 Å². The number of amides is 1. The van der Waals surface area contributed by atoms with Gasteiger partial charge >= 0.3 is 0 Å². The standard InChI is InChI=1S/C11H15N3O2/c15-11(13-8-3-4-12-6-8)9-5-10(16-14-9)7-1-2-7/h5,7-8,12H,1-4,6H2,(H,13,15)/t8-/m1/s1. The predicted molar refractivity (Wildman–Crippen MR) is 57.2 cm³/mol. The van der Waals surface area contributed by atoms with Crippen LogP contribution in [0, 0.1) is 0 Å². The van der Waals surface area contributed by atoms with Crippen LogP contribution in [0.5, 0.6) is 0 Å². The Bertz CT molecular complexity index is 392. The molecule has 0 bridgehead atoms. The van der Waals surface area contributed by atoms with Crippen molar-refractivity contribution in [1.82, 2.24) is 15.8 Å². The fourth-order valence-corrected chi connectivity index (χ4v) is 1.99. The molecule has 0 radical (unpaired) electrons. The predicted octanol–water partition coefficient (Wildman–Crippen LogP) is 0.644. The molecule has 0 spiro atoms. The molecule has 1 aliphatic carbocycles. The van der Waals surface area contributed by atoms with Gasteiger partial charge in [-0.1, -0.05) is 5.16 Å². The largest absolute Gasteiger partial charge is 0.360 e. The average molecular weight is 221 g/mol. The zero-order valence-corrected chi connectivity index (χ0v) is 9.03. The van der Waals surface area contributed by atoms with Crippen molar-refractivity contribution >= 4 is 5.91 Å². The SMILES string of the molecule is O=C(N[C@@H]1CCNC1)c1cc(C2CC2)on1. The Kier molecular flexibility index (Phi) is 2.40. The van der Waals surface area contributed by atoms with Crippen LogP contribution in [0.25, 0.3) is 0 Å². The first-order chi connectivity index (χ1) is 7.83. The van der Waals surface area contributed by atoms with E-state index in [1.54, 1.807) is 6.07 Å². The molecule has 1 saturated carbocycles. The molecule has 2 fully saturated rings. The second kappa shape index (κ2) is 3.90. The Morgan fingerprint density at radius 1 is 1.50 bits per heavy atom. The van der Waals surface area contributed by atoms with Gasteiger partial charge < -0.3 is 15.2 Å². The van der Waals surface area contributed by atoms with Crippen LogP contribution in [-0.4, -0.2) is 30.2 Å². The number of carbonyl (C=O) groups excluding carboxylic acids is 1. The third-order valence-electron chi connectivity index (χ3n) is 3.14. The fraction of sp³-hybridized carbons (Fsp3) is 0.636. The molecule has 16 heavy (non-hydrogen) atoms. The van der Waals surface area contributed by atoms with Crippen LogP contribution >= 0.6 is 0 Å². The molecular weight excluding hydrogens is 206 g/mol. The molecule has 2 N–H and O–H groups in total. The van der Waals surface area contributed by atoms with Crippen molar-refractivity contribution < 1.29 is 9.32 Å². The Labute approximate surface area is 93.6 Å². The van der Waals surface area contributed by atoms with Gasteiger partial charge in [-0.25, -0.2) is 0 Å². The van der Waals surface area contributed by atoms with E-state index in [1.807, 2.05) is 0 Å². The van der Waals surface area contributed by atoms with E-state index in [9.17, 15) is 4.79 Å². The molecule has 1 amide bonds. The number of nitrogens with zero attached hydrogens (tertiary/aromatic N) is 1. The van der Waals surface area contributed by atoms with Crippen LogP contribution in [0.4, 0.5) is 0 Å². The summed E-state index contributed by atoms with van der Waals surface area (Å²) in [5.74, 6) is 1.24. The summed E-state index contributed by atoms with van der Waals surface area (Å²) < 4.78 is 5.15. The number of nitrogens with one attached hydrogen (secondary N) is 2. The first-order valence-corrected chi connectivity index (χ1v) is 5.81. The van der Waals surface area contributed by atoms with Crippen molar-refractivity contribution in [3.05, 3.63) is 17.5 Å². The van der Waals surface area contributed by atoms with E-state index in [0.717, 1.165) is 38.1 Å². The van der Waals surface area contributed by atoms with Crippen molar-refractivity contribution in [2.75, 3.05) is 13.1 Å². The van der Waals surface area contributed by atoms with Crippen molar-refractivity contribution in [2.45, 2.75) is 31.2 Å². The maximum atomic E-state index is 11.8. The van der Waals surface area contributed by atoms with Gasteiger partial charge in [-0.15, -0.1) is 0 Å². The summed E-state index contributed by atoms with van der Waals surface area (Å²) in [6.45, 7) is 1.82. The molecule has 5 heteroatoms. The lowest BCUT2D eigenvalue weighted by Gasteiger charge is -2.08. The molecular formula is C11H15N3O2. The van der Waals surface area contributed by atoms with E-state index in [2.05, 4.69) is 15.8 Å². The van der Waals surface area contributed by atoms with Crippen LogP contribution in [-0.2, 0) is 0 Å². The molecule has 2 aliphatic rings. The van der Waals surface area contributed by atoms with Crippen molar-refractivity contribution in [2.24, 2.45) is 0 Å². The highest BCUT2D eigenvalue weighted by Gasteiger charge is 2.29. The molecule has 1 saturated heterocycles. The van der Waals surface area contributed by atoms with Crippen LogP contribution in [0.15, 0.2) is 10.6 Å². The number of aromatic nitrogens is 1. The highest BCUT2D eigenvalue weighted by Crippen LogP contribution is 2.40. The van der Waals surface area contributed by atoms with E-state index in [-0.39, 0.29) is 11.9 Å². The van der Waals surface area contributed by atoms with Gasteiger partial charge in [-0.2, -0.15) is 0 Å². The first kappa shape index (κ1) is 9.84. The monoisotopic (exact) mass is 221 g/mol. The van der Waals surface area contributed by atoms with Gasteiger partial charge in [0.2, 0.25) is 0 Å². The molecule has 5 nitrogen and oxygen atoms in total. The van der Waals surface area contributed by atoms with Gasteiger partial charge in [0.1, 0.15) is 5.76 Å². The van der Waals surface area contributed by atoms with E-state index in [1.165, 1.54) is 0 Å². The second-order valence-electron chi connectivity index (χ2n) is 4.55. The lowest BCUT2D eigenvalue weighted by molar-refractivity contribution is 0.0931. The Balaban J connectivity index is 1.63. The van der Waals surface area contributed by atoms with Gasteiger partial charge in [-0.05, 0) is 25.8 Å². The van der Waals surface area contributed by atoms with Gasteiger partial charge in [0, 0.05) is 24.6 Å². The molecule has 1 aliphatic heterocycles. The minimum atomic E-state index is -0.121. The highest BCUT2D eigenvalue weighted by atomic mass is 16.5. The lowest BCUT2D eigenvalue weighted by Crippen LogP contribution is -2.36. The molecule has 3 rings (SSSR count). The summed E-state index contributed by atoms with van der Waals surface area (Å²) in [5, 5.41) is 9.96. The van der Waals surface area contributed by atoms with Crippen molar-refractivity contribution in [3.8, 4) is 0 Å². The summed E-state index contributed by atoms with van der Waals surface area (Å²) in [7, 11) is 0. The minimum Gasteiger partial charge on any atom is -0.360 e. The van der Waals surface area contributed by atoms with Gasteiger partial charge in [-0.3, -0.25) is 4.79 Å². The number of carbonyl (C=O) groups is 1. The number of rotatable bonds is 3. The highest BCUT2D eigenvalue weighted by molar-refractivity contribution is 5.92. The van der Waals surface area contributed by atoms with Crippen LogP contribution in [0.3, 0.4) is 0 Å². The fourth-order valence-electron chi connectivity index (χ4n) is 1.99. The quantitative estimate of drug-likeness (QED) is 0.786. The van der Waals surface area contributed by atoms with E-state index >= 15 is 0 Å². The normalized spacial score (nSPS) is 24.6.